The Labute approximate surface area is 160 Å². The molecule has 2 aromatic rings. The standard InChI is InChI=1S/C19H18ClFN2O2S/c1-2-10-22-19(25)13-6-3-4-9-17(13)23-18(24)12-26-11-14-15(20)7-5-8-16(14)21/h2-9H,1,10-12H2,(H,22,25)(H,23,24). The second-order valence-corrected chi connectivity index (χ2v) is 6.68. The Morgan fingerprint density at radius 3 is 2.69 bits per heavy atom. The van der Waals surface area contributed by atoms with Crippen LogP contribution in [0.2, 0.25) is 5.02 Å². The molecular formula is C19H18ClFN2O2S. The molecule has 0 unspecified atom stereocenters. The molecule has 136 valence electrons. The van der Waals surface area contributed by atoms with Crippen LogP contribution in [0.3, 0.4) is 0 Å². The van der Waals surface area contributed by atoms with Gasteiger partial charge in [-0.25, -0.2) is 4.39 Å². The molecule has 0 fully saturated rings. The number of halogens is 2. The second kappa shape index (κ2) is 9.99. The number of nitrogens with one attached hydrogen (secondary N) is 2. The third kappa shape index (κ3) is 5.61. The van der Waals surface area contributed by atoms with Gasteiger partial charge in [0.15, 0.2) is 0 Å². The summed E-state index contributed by atoms with van der Waals surface area (Å²) in [5.41, 5.74) is 1.16. The van der Waals surface area contributed by atoms with Crippen molar-refractivity contribution in [3.63, 3.8) is 0 Å². The van der Waals surface area contributed by atoms with Crippen LogP contribution in [0.25, 0.3) is 0 Å². The number of para-hydroxylation sites is 1. The number of carbonyl (C=O) groups is 2. The summed E-state index contributed by atoms with van der Waals surface area (Å²) >= 11 is 7.21. The van der Waals surface area contributed by atoms with Crippen LogP contribution in [0, 0.1) is 5.82 Å². The zero-order valence-corrected chi connectivity index (χ0v) is 15.5. The molecule has 0 aliphatic heterocycles. The predicted octanol–water partition coefficient (Wildman–Crippen LogP) is 4.27. The van der Waals surface area contributed by atoms with E-state index in [9.17, 15) is 14.0 Å². The van der Waals surface area contributed by atoms with E-state index in [0.29, 0.717) is 28.4 Å². The van der Waals surface area contributed by atoms with Crippen molar-refractivity contribution >= 4 is 40.9 Å². The third-order valence-electron chi connectivity index (χ3n) is 3.39. The fraction of sp³-hybridized carbons (Fsp3) is 0.158. The lowest BCUT2D eigenvalue weighted by molar-refractivity contribution is -0.113. The van der Waals surface area contributed by atoms with Crippen molar-refractivity contribution < 1.29 is 14.0 Å². The number of hydrogen-bond donors (Lipinski definition) is 2. The highest BCUT2D eigenvalue weighted by molar-refractivity contribution is 7.99. The van der Waals surface area contributed by atoms with Gasteiger partial charge in [0.1, 0.15) is 5.82 Å². The van der Waals surface area contributed by atoms with E-state index in [2.05, 4.69) is 17.2 Å². The van der Waals surface area contributed by atoms with Crippen LogP contribution in [0.15, 0.2) is 55.1 Å². The summed E-state index contributed by atoms with van der Waals surface area (Å²) in [6.07, 6.45) is 1.57. The number of benzene rings is 2. The smallest absolute Gasteiger partial charge is 0.253 e. The number of thioether (sulfide) groups is 1. The highest BCUT2D eigenvalue weighted by atomic mass is 35.5. The van der Waals surface area contributed by atoms with Gasteiger partial charge in [0.05, 0.1) is 17.0 Å². The van der Waals surface area contributed by atoms with Crippen molar-refractivity contribution in [1.82, 2.24) is 5.32 Å². The zero-order valence-electron chi connectivity index (χ0n) is 13.9. The molecule has 4 nitrogen and oxygen atoms in total. The van der Waals surface area contributed by atoms with Gasteiger partial charge < -0.3 is 10.6 Å². The Balaban J connectivity index is 1.94. The molecule has 0 saturated carbocycles. The first kappa shape index (κ1) is 20.0. The molecule has 0 heterocycles. The summed E-state index contributed by atoms with van der Waals surface area (Å²) < 4.78 is 13.7. The highest BCUT2D eigenvalue weighted by Crippen LogP contribution is 2.24. The predicted molar refractivity (Wildman–Crippen MR) is 105 cm³/mol. The molecule has 0 atom stereocenters. The van der Waals surface area contributed by atoms with Crippen LogP contribution in [-0.4, -0.2) is 24.1 Å². The lowest BCUT2D eigenvalue weighted by Crippen LogP contribution is -2.25. The van der Waals surface area contributed by atoms with Crippen LogP contribution >= 0.6 is 23.4 Å². The second-order valence-electron chi connectivity index (χ2n) is 5.29. The highest BCUT2D eigenvalue weighted by Gasteiger charge is 2.13. The molecule has 7 heteroatoms. The van der Waals surface area contributed by atoms with Gasteiger partial charge in [-0.1, -0.05) is 35.9 Å². The Kier molecular flexibility index (Phi) is 7.69. The summed E-state index contributed by atoms with van der Waals surface area (Å²) in [5, 5.41) is 5.72. The largest absolute Gasteiger partial charge is 0.349 e. The van der Waals surface area contributed by atoms with Crippen molar-refractivity contribution in [1.29, 1.82) is 0 Å². The monoisotopic (exact) mass is 392 g/mol. The van der Waals surface area contributed by atoms with Gasteiger partial charge >= 0.3 is 0 Å². The minimum absolute atomic E-state index is 0.104. The Morgan fingerprint density at radius 2 is 1.96 bits per heavy atom. The van der Waals surface area contributed by atoms with E-state index < -0.39 is 5.82 Å². The van der Waals surface area contributed by atoms with Crippen LogP contribution in [-0.2, 0) is 10.5 Å². The lowest BCUT2D eigenvalue weighted by atomic mass is 10.1. The number of amides is 2. The zero-order chi connectivity index (χ0) is 18.9. The molecule has 0 aliphatic rings. The van der Waals surface area contributed by atoms with Gasteiger partial charge in [-0.05, 0) is 24.3 Å². The normalized spacial score (nSPS) is 10.2. The van der Waals surface area contributed by atoms with E-state index in [1.165, 1.54) is 23.9 Å². The molecule has 2 N–H and O–H groups in total. The molecule has 0 saturated heterocycles. The molecule has 0 aromatic heterocycles. The molecule has 0 spiro atoms. The van der Waals surface area contributed by atoms with E-state index in [1.807, 2.05) is 0 Å². The van der Waals surface area contributed by atoms with Gasteiger partial charge in [-0.3, -0.25) is 9.59 Å². The number of hydrogen-bond acceptors (Lipinski definition) is 3. The minimum Gasteiger partial charge on any atom is -0.349 e. The van der Waals surface area contributed by atoms with Crippen molar-refractivity contribution in [2.24, 2.45) is 0 Å². The van der Waals surface area contributed by atoms with Crippen molar-refractivity contribution in [2.75, 3.05) is 17.6 Å². The van der Waals surface area contributed by atoms with Gasteiger partial charge in [-0.2, -0.15) is 0 Å². The Morgan fingerprint density at radius 1 is 1.19 bits per heavy atom. The molecule has 0 bridgehead atoms. The summed E-state index contributed by atoms with van der Waals surface area (Å²) in [7, 11) is 0. The molecule has 2 amide bonds. The van der Waals surface area contributed by atoms with Gasteiger partial charge in [0.2, 0.25) is 5.91 Å². The summed E-state index contributed by atoms with van der Waals surface area (Å²) in [4.78, 5) is 24.3. The average Bonchev–Trinajstić information content (AvgIpc) is 2.62. The van der Waals surface area contributed by atoms with E-state index >= 15 is 0 Å². The molecule has 2 rings (SSSR count). The summed E-state index contributed by atoms with van der Waals surface area (Å²) in [6, 6.07) is 11.2. The molecule has 2 aromatic carbocycles. The first-order valence-corrected chi connectivity index (χ1v) is 9.34. The first-order chi connectivity index (χ1) is 12.5. The Bertz CT molecular complexity index is 794. The third-order valence-corrected chi connectivity index (χ3v) is 4.71. The summed E-state index contributed by atoms with van der Waals surface area (Å²) in [6.45, 7) is 3.88. The maximum atomic E-state index is 13.7. The maximum absolute atomic E-state index is 13.7. The van der Waals surface area contributed by atoms with Crippen LogP contribution < -0.4 is 10.6 Å². The SMILES string of the molecule is C=CCNC(=O)c1ccccc1NC(=O)CSCc1c(F)cccc1Cl. The molecule has 26 heavy (non-hydrogen) atoms. The van der Waals surface area contributed by atoms with E-state index in [1.54, 1.807) is 36.4 Å². The molecule has 0 aliphatic carbocycles. The molecule has 0 radical (unpaired) electrons. The maximum Gasteiger partial charge on any atom is 0.253 e. The quantitative estimate of drug-likeness (QED) is 0.660. The van der Waals surface area contributed by atoms with Gasteiger partial charge in [-0.15, -0.1) is 18.3 Å². The molecular weight excluding hydrogens is 375 g/mol. The van der Waals surface area contributed by atoms with Crippen molar-refractivity contribution in [3.05, 3.63) is 77.1 Å². The van der Waals surface area contributed by atoms with E-state index in [0.717, 1.165) is 0 Å². The topological polar surface area (TPSA) is 58.2 Å². The van der Waals surface area contributed by atoms with Crippen molar-refractivity contribution in [2.45, 2.75) is 5.75 Å². The number of anilines is 1. The van der Waals surface area contributed by atoms with Crippen LogP contribution in [0.1, 0.15) is 15.9 Å². The summed E-state index contributed by atoms with van der Waals surface area (Å²) in [5.74, 6) is -0.596. The van der Waals surface area contributed by atoms with Crippen LogP contribution in [0.4, 0.5) is 10.1 Å². The van der Waals surface area contributed by atoms with E-state index in [4.69, 9.17) is 11.6 Å². The van der Waals surface area contributed by atoms with E-state index in [-0.39, 0.29) is 23.3 Å². The van der Waals surface area contributed by atoms with Crippen LogP contribution in [0.5, 0.6) is 0 Å². The first-order valence-electron chi connectivity index (χ1n) is 7.81. The van der Waals surface area contributed by atoms with Gasteiger partial charge in [0.25, 0.3) is 5.91 Å². The fourth-order valence-electron chi connectivity index (χ4n) is 2.15. The minimum atomic E-state index is -0.394. The van der Waals surface area contributed by atoms with Crippen molar-refractivity contribution in [3.8, 4) is 0 Å². The average molecular weight is 393 g/mol. The number of carbonyl (C=O) groups excluding carboxylic acids is 2. The van der Waals surface area contributed by atoms with Gasteiger partial charge in [0, 0.05) is 22.9 Å². The lowest BCUT2D eigenvalue weighted by Gasteiger charge is -2.11. The Hall–Kier alpha value is -2.31. The fourth-order valence-corrected chi connectivity index (χ4v) is 3.32. The number of rotatable bonds is 8.